The molecule has 0 aliphatic heterocycles. The second kappa shape index (κ2) is 7.96. The van der Waals surface area contributed by atoms with Crippen LogP contribution in [0.25, 0.3) is 0 Å². The molecule has 1 saturated carbocycles. The van der Waals surface area contributed by atoms with Crippen LogP contribution in [0.5, 0.6) is 0 Å². The van der Waals surface area contributed by atoms with E-state index in [1.807, 2.05) is 18.3 Å². The molecule has 0 aromatic carbocycles. The Morgan fingerprint density at radius 2 is 2.20 bits per heavy atom. The molecule has 20 heavy (non-hydrogen) atoms. The van der Waals surface area contributed by atoms with E-state index in [0.717, 1.165) is 50.3 Å². The zero-order valence-electron chi connectivity index (χ0n) is 12.9. The summed E-state index contributed by atoms with van der Waals surface area (Å²) in [5.41, 5.74) is 1.28. The SMILES string of the molecule is CCCc1nc(N(C)CCOCC)sc1CNC1CC1. The van der Waals surface area contributed by atoms with Crippen molar-refractivity contribution in [1.82, 2.24) is 10.3 Å². The van der Waals surface area contributed by atoms with Gasteiger partial charge in [-0.3, -0.25) is 0 Å². The third-order valence-corrected chi connectivity index (χ3v) is 4.70. The van der Waals surface area contributed by atoms with Gasteiger partial charge in [0.15, 0.2) is 5.13 Å². The number of nitrogens with zero attached hydrogens (tertiary/aromatic N) is 2. The molecule has 114 valence electrons. The van der Waals surface area contributed by atoms with E-state index in [1.165, 1.54) is 23.4 Å². The third kappa shape index (κ3) is 4.72. The van der Waals surface area contributed by atoms with Crippen LogP contribution in [0, 0.1) is 0 Å². The van der Waals surface area contributed by atoms with Crippen LogP contribution in [-0.2, 0) is 17.7 Å². The van der Waals surface area contributed by atoms with Gasteiger partial charge in [-0.2, -0.15) is 0 Å². The summed E-state index contributed by atoms with van der Waals surface area (Å²) in [6, 6.07) is 0.755. The van der Waals surface area contributed by atoms with Crippen LogP contribution >= 0.6 is 11.3 Å². The van der Waals surface area contributed by atoms with E-state index in [-0.39, 0.29) is 0 Å². The largest absolute Gasteiger partial charge is 0.380 e. The van der Waals surface area contributed by atoms with Crippen molar-refractivity contribution in [2.45, 2.75) is 52.1 Å². The van der Waals surface area contributed by atoms with Gasteiger partial charge in [0.2, 0.25) is 0 Å². The summed E-state index contributed by atoms with van der Waals surface area (Å²) in [6.45, 7) is 7.69. The lowest BCUT2D eigenvalue weighted by Gasteiger charge is -2.15. The number of thiazole rings is 1. The highest BCUT2D eigenvalue weighted by atomic mass is 32.1. The van der Waals surface area contributed by atoms with E-state index in [9.17, 15) is 0 Å². The van der Waals surface area contributed by atoms with Crippen molar-refractivity contribution in [2.24, 2.45) is 0 Å². The normalized spacial score (nSPS) is 14.8. The lowest BCUT2D eigenvalue weighted by atomic mass is 10.2. The first kappa shape index (κ1) is 15.7. The Balaban J connectivity index is 1.94. The monoisotopic (exact) mass is 297 g/mol. The Morgan fingerprint density at radius 1 is 1.40 bits per heavy atom. The molecule has 1 fully saturated rings. The van der Waals surface area contributed by atoms with Gasteiger partial charge in [-0.25, -0.2) is 4.98 Å². The standard InChI is InChI=1S/C15H27N3OS/c1-4-6-13-14(11-16-12-7-8-12)20-15(17-13)18(3)9-10-19-5-2/h12,16H,4-11H2,1-3H3. The molecule has 5 heteroatoms. The van der Waals surface area contributed by atoms with Gasteiger partial charge < -0.3 is 15.0 Å². The van der Waals surface area contributed by atoms with E-state index in [1.54, 1.807) is 0 Å². The molecule has 0 atom stereocenters. The van der Waals surface area contributed by atoms with Gasteiger partial charge in [-0.1, -0.05) is 13.3 Å². The number of rotatable bonds is 10. The first-order chi connectivity index (χ1) is 9.74. The zero-order valence-corrected chi connectivity index (χ0v) is 13.8. The zero-order chi connectivity index (χ0) is 14.4. The fourth-order valence-corrected chi connectivity index (χ4v) is 3.11. The van der Waals surface area contributed by atoms with Crippen LogP contribution in [0.4, 0.5) is 5.13 Å². The average Bonchev–Trinajstić information content (AvgIpc) is 3.18. The number of nitrogens with one attached hydrogen (secondary N) is 1. The van der Waals surface area contributed by atoms with Crippen LogP contribution in [0.1, 0.15) is 43.7 Å². The highest BCUT2D eigenvalue weighted by Gasteiger charge is 2.21. The van der Waals surface area contributed by atoms with Crippen molar-refractivity contribution in [3.8, 4) is 0 Å². The molecular formula is C15H27N3OS. The van der Waals surface area contributed by atoms with E-state index >= 15 is 0 Å². The van der Waals surface area contributed by atoms with Crippen molar-refractivity contribution in [3.05, 3.63) is 10.6 Å². The topological polar surface area (TPSA) is 37.4 Å². The van der Waals surface area contributed by atoms with Crippen LogP contribution < -0.4 is 10.2 Å². The summed E-state index contributed by atoms with van der Waals surface area (Å²) in [4.78, 5) is 8.45. The fraction of sp³-hybridized carbons (Fsp3) is 0.800. The van der Waals surface area contributed by atoms with Gasteiger partial charge >= 0.3 is 0 Å². The minimum atomic E-state index is 0.755. The summed E-state index contributed by atoms with van der Waals surface area (Å²) >= 11 is 1.83. The molecular weight excluding hydrogens is 270 g/mol. The van der Waals surface area contributed by atoms with Gasteiger partial charge in [0, 0.05) is 37.7 Å². The summed E-state index contributed by atoms with van der Waals surface area (Å²) in [5.74, 6) is 0. The lowest BCUT2D eigenvalue weighted by molar-refractivity contribution is 0.154. The minimum absolute atomic E-state index is 0.755. The smallest absolute Gasteiger partial charge is 0.185 e. The van der Waals surface area contributed by atoms with Crippen molar-refractivity contribution in [3.63, 3.8) is 0 Å². The quantitative estimate of drug-likeness (QED) is 0.674. The summed E-state index contributed by atoms with van der Waals surface area (Å²) in [6.07, 6.45) is 4.91. The molecule has 0 bridgehead atoms. The molecule has 1 aliphatic carbocycles. The predicted octanol–water partition coefficient (Wildman–Crippen LogP) is 2.82. The Hall–Kier alpha value is -0.650. The predicted molar refractivity (Wildman–Crippen MR) is 85.7 cm³/mol. The Kier molecular flexibility index (Phi) is 6.26. The Morgan fingerprint density at radius 3 is 2.85 bits per heavy atom. The second-order valence-electron chi connectivity index (χ2n) is 5.39. The molecule has 1 aliphatic rings. The maximum atomic E-state index is 5.42. The van der Waals surface area contributed by atoms with E-state index < -0.39 is 0 Å². The van der Waals surface area contributed by atoms with E-state index in [0.29, 0.717) is 0 Å². The van der Waals surface area contributed by atoms with Gasteiger partial charge in [-0.05, 0) is 26.2 Å². The first-order valence-electron chi connectivity index (χ1n) is 7.75. The molecule has 0 spiro atoms. The summed E-state index contributed by atoms with van der Waals surface area (Å²) in [5, 5.41) is 4.73. The molecule has 1 aromatic rings. The van der Waals surface area contributed by atoms with Gasteiger partial charge in [0.1, 0.15) is 0 Å². The molecule has 0 radical (unpaired) electrons. The number of aryl methyl sites for hydroxylation is 1. The highest BCUT2D eigenvalue weighted by Crippen LogP contribution is 2.28. The maximum Gasteiger partial charge on any atom is 0.185 e. The van der Waals surface area contributed by atoms with Crippen LogP contribution in [0.15, 0.2) is 0 Å². The van der Waals surface area contributed by atoms with Crippen molar-refractivity contribution < 1.29 is 4.74 Å². The number of anilines is 1. The third-order valence-electron chi connectivity index (χ3n) is 3.48. The number of ether oxygens (including phenoxy) is 1. The van der Waals surface area contributed by atoms with Crippen molar-refractivity contribution >= 4 is 16.5 Å². The molecule has 1 N–H and O–H groups in total. The van der Waals surface area contributed by atoms with Gasteiger partial charge in [-0.15, -0.1) is 11.3 Å². The van der Waals surface area contributed by atoms with Crippen molar-refractivity contribution in [2.75, 3.05) is 31.7 Å². The molecule has 0 saturated heterocycles. The van der Waals surface area contributed by atoms with Crippen molar-refractivity contribution in [1.29, 1.82) is 0 Å². The number of aromatic nitrogens is 1. The van der Waals surface area contributed by atoms with E-state index in [2.05, 4.69) is 24.2 Å². The average molecular weight is 297 g/mol. The van der Waals surface area contributed by atoms with Crippen LogP contribution in [0.2, 0.25) is 0 Å². The van der Waals surface area contributed by atoms with E-state index in [4.69, 9.17) is 9.72 Å². The molecule has 4 nitrogen and oxygen atoms in total. The molecule has 0 unspecified atom stereocenters. The number of likely N-dealkylation sites (N-methyl/N-ethyl adjacent to an activating group) is 1. The highest BCUT2D eigenvalue weighted by molar-refractivity contribution is 7.15. The van der Waals surface area contributed by atoms with Crippen LogP contribution in [0.3, 0.4) is 0 Å². The maximum absolute atomic E-state index is 5.42. The molecule has 2 rings (SSSR count). The number of hydrogen-bond donors (Lipinski definition) is 1. The van der Waals surface area contributed by atoms with Gasteiger partial charge in [0.25, 0.3) is 0 Å². The minimum Gasteiger partial charge on any atom is -0.380 e. The summed E-state index contributed by atoms with van der Waals surface area (Å²) in [7, 11) is 2.10. The molecule has 1 aromatic heterocycles. The van der Waals surface area contributed by atoms with Gasteiger partial charge in [0.05, 0.1) is 12.3 Å². The summed E-state index contributed by atoms with van der Waals surface area (Å²) < 4.78 is 5.42. The Labute approximate surface area is 126 Å². The lowest BCUT2D eigenvalue weighted by Crippen LogP contribution is -2.22. The Bertz CT molecular complexity index is 404. The van der Waals surface area contributed by atoms with Crippen LogP contribution in [-0.4, -0.2) is 37.8 Å². The number of hydrogen-bond acceptors (Lipinski definition) is 5. The first-order valence-corrected chi connectivity index (χ1v) is 8.57. The fourth-order valence-electron chi connectivity index (χ4n) is 2.07. The molecule has 0 amide bonds. The molecule has 1 heterocycles. The second-order valence-corrected chi connectivity index (χ2v) is 6.45.